The van der Waals surface area contributed by atoms with Gasteiger partial charge in [0.05, 0.1) is 18.2 Å². The Morgan fingerprint density at radius 2 is 2.17 bits per heavy atom. The number of amides is 1. The molecule has 0 saturated carbocycles. The van der Waals surface area contributed by atoms with Gasteiger partial charge in [0.2, 0.25) is 0 Å². The summed E-state index contributed by atoms with van der Waals surface area (Å²) >= 11 is 0. The lowest BCUT2D eigenvalue weighted by atomic mass is 9.92. The van der Waals surface area contributed by atoms with Crippen LogP contribution in [0.4, 0.5) is 18.0 Å². The van der Waals surface area contributed by atoms with Gasteiger partial charge in [0.25, 0.3) is 0 Å². The van der Waals surface area contributed by atoms with E-state index in [0.717, 1.165) is 12.1 Å². The van der Waals surface area contributed by atoms with Gasteiger partial charge < -0.3 is 20.1 Å². The number of halogens is 3. The number of ether oxygens (including phenoxy) is 1. The molecular formula is C15H19F3N2O3. The third-order valence-electron chi connectivity index (χ3n) is 4.01. The van der Waals surface area contributed by atoms with Crippen LogP contribution in [0, 0.1) is 0 Å². The summed E-state index contributed by atoms with van der Waals surface area (Å²) in [5, 5.41) is 12.4. The molecule has 1 aromatic carbocycles. The molecule has 0 bridgehead atoms. The minimum Gasteiger partial charge on any atom is -0.465 e. The summed E-state index contributed by atoms with van der Waals surface area (Å²) in [7, 11) is 1.47. The zero-order chi connectivity index (χ0) is 17.0. The van der Waals surface area contributed by atoms with E-state index < -0.39 is 23.9 Å². The average molecular weight is 332 g/mol. The topological polar surface area (TPSA) is 61.8 Å². The maximum Gasteiger partial charge on any atom is 0.416 e. The van der Waals surface area contributed by atoms with E-state index >= 15 is 0 Å². The summed E-state index contributed by atoms with van der Waals surface area (Å²) < 4.78 is 43.5. The number of hydrogen-bond donors (Lipinski definition) is 2. The van der Waals surface area contributed by atoms with Crippen LogP contribution < -0.4 is 5.32 Å². The summed E-state index contributed by atoms with van der Waals surface area (Å²) in [6.45, 7) is 1.24. The first-order valence-electron chi connectivity index (χ1n) is 7.21. The molecule has 1 aromatic rings. The van der Waals surface area contributed by atoms with Gasteiger partial charge in [-0.3, -0.25) is 0 Å². The fourth-order valence-corrected chi connectivity index (χ4v) is 2.87. The van der Waals surface area contributed by atoms with Crippen molar-refractivity contribution in [1.82, 2.24) is 10.2 Å². The van der Waals surface area contributed by atoms with Gasteiger partial charge in [-0.05, 0) is 11.6 Å². The van der Waals surface area contributed by atoms with Gasteiger partial charge in [0, 0.05) is 32.7 Å². The SMILES string of the molecule is COCCN(C(=O)O)[C@@H]1CNC[C@H]1c1cccc(C(F)(F)F)c1. The highest BCUT2D eigenvalue weighted by Crippen LogP contribution is 2.33. The molecule has 0 radical (unpaired) electrons. The second kappa shape index (κ2) is 7.18. The summed E-state index contributed by atoms with van der Waals surface area (Å²) in [5.41, 5.74) is -0.238. The van der Waals surface area contributed by atoms with Crippen molar-refractivity contribution in [1.29, 1.82) is 0 Å². The molecule has 2 rings (SSSR count). The van der Waals surface area contributed by atoms with Crippen LogP contribution >= 0.6 is 0 Å². The Kier molecular flexibility index (Phi) is 5.48. The highest BCUT2D eigenvalue weighted by Gasteiger charge is 2.37. The van der Waals surface area contributed by atoms with Crippen molar-refractivity contribution < 1.29 is 27.8 Å². The van der Waals surface area contributed by atoms with Crippen molar-refractivity contribution in [2.75, 3.05) is 33.4 Å². The predicted molar refractivity (Wildman–Crippen MR) is 77.4 cm³/mol. The van der Waals surface area contributed by atoms with Crippen molar-refractivity contribution in [3.63, 3.8) is 0 Å². The van der Waals surface area contributed by atoms with Crippen LogP contribution in [0.15, 0.2) is 24.3 Å². The molecule has 8 heteroatoms. The van der Waals surface area contributed by atoms with Crippen LogP contribution in [0.3, 0.4) is 0 Å². The van der Waals surface area contributed by atoms with Gasteiger partial charge in [0.1, 0.15) is 0 Å². The average Bonchev–Trinajstić information content (AvgIpc) is 2.96. The van der Waals surface area contributed by atoms with E-state index in [1.807, 2.05) is 0 Å². The molecule has 1 fully saturated rings. The molecule has 1 heterocycles. The van der Waals surface area contributed by atoms with E-state index in [1.165, 1.54) is 18.1 Å². The van der Waals surface area contributed by atoms with Crippen LogP contribution in [-0.2, 0) is 10.9 Å². The van der Waals surface area contributed by atoms with Crippen LogP contribution in [0.5, 0.6) is 0 Å². The lowest BCUT2D eigenvalue weighted by Crippen LogP contribution is -2.45. The van der Waals surface area contributed by atoms with Crippen molar-refractivity contribution in [2.45, 2.75) is 18.1 Å². The zero-order valence-corrected chi connectivity index (χ0v) is 12.6. The molecular weight excluding hydrogens is 313 g/mol. The molecule has 1 amide bonds. The molecule has 1 aliphatic rings. The van der Waals surface area contributed by atoms with Crippen LogP contribution in [-0.4, -0.2) is 55.5 Å². The second-order valence-corrected chi connectivity index (χ2v) is 5.42. The minimum absolute atomic E-state index is 0.174. The van der Waals surface area contributed by atoms with E-state index in [-0.39, 0.29) is 19.1 Å². The van der Waals surface area contributed by atoms with Gasteiger partial charge in [0.15, 0.2) is 0 Å². The quantitative estimate of drug-likeness (QED) is 0.869. The van der Waals surface area contributed by atoms with Gasteiger partial charge in [-0.1, -0.05) is 18.2 Å². The molecule has 128 valence electrons. The number of methoxy groups -OCH3 is 1. The van der Waals surface area contributed by atoms with E-state index in [0.29, 0.717) is 18.7 Å². The Morgan fingerprint density at radius 3 is 2.78 bits per heavy atom. The third-order valence-corrected chi connectivity index (χ3v) is 4.01. The Bertz CT molecular complexity index is 551. The Balaban J connectivity index is 2.25. The van der Waals surface area contributed by atoms with Gasteiger partial charge in [-0.25, -0.2) is 4.79 Å². The first kappa shape index (κ1) is 17.6. The monoisotopic (exact) mass is 332 g/mol. The summed E-state index contributed by atoms with van der Waals surface area (Å²) in [6.07, 6.45) is -5.52. The largest absolute Gasteiger partial charge is 0.465 e. The third kappa shape index (κ3) is 4.14. The molecule has 1 saturated heterocycles. The smallest absolute Gasteiger partial charge is 0.416 e. The maximum absolute atomic E-state index is 12.9. The summed E-state index contributed by atoms with van der Waals surface area (Å²) in [5.74, 6) is -0.328. The van der Waals surface area contributed by atoms with E-state index in [9.17, 15) is 23.1 Å². The van der Waals surface area contributed by atoms with Gasteiger partial charge in [-0.2, -0.15) is 13.2 Å². The number of carbonyl (C=O) groups is 1. The molecule has 0 aliphatic carbocycles. The van der Waals surface area contributed by atoms with Crippen LogP contribution in [0.2, 0.25) is 0 Å². The lowest BCUT2D eigenvalue weighted by molar-refractivity contribution is -0.137. The minimum atomic E-state index is -4.42. The fourth-order valence-electron chi connectivity index (χ4n) is 2.87. The number of hydrogen-bond acceptors (Lipinski definition) is 3. The van der Waals surface area contributed by atoms with Crippen LogP contribution in [0.25, 0.3) is 0 Å². The standard InChI is InChI=1S/C15H19F3N2O3/c1-23-6-5-20(14(21)22)13-9-19-8-12(13)10-3-2-4-11(7-10)15(16,17)18/h2-4,7,12-13,19H,5-6,8-9H2,1H3,(H,21,22)/t12-,13+/m0/s1. The van der Waals surface area contributed by atoms with Gasteiger partial charge in [-0.15, -0.1) is 0 Å². The first-order chi connectivity index (χ1) is 10.8. The van der Waals surface area contributed by atoms with E-state index in [1.54, 1.807) is 6.07 Å². The fraction of sp³-hybridized carbons (Fsp3) is 0.533. The van der Waals surface area contributed by atoms with Gasteiger partial charge >= 0.3 is 12.3 Å². The van der Waals surface area contributed by atoms with E-state index in [2.05, 4.69) is 5.32 Å². The molecule has 2 atom stereocenters. The molecule has 1 aliphatic heterocycles. The Hall–Kier alpha value is -1.80. The number of carboxylic acid groups (broad SMARTS) is 1. The number of nitrogens with one attached hydrogen (secondary N) is 1. The first-order valence-corrected chi connectivity index (χ1v) is 7.21. The van der Waals surface area contributed by atoms with Crippen molar-refractivity contribution in [2.24, 2.45) is 0 Å². The van der Waals surface area contributed by atoms with Crippen molar-refractivity contribution in [3.8, 4) is 0 Å². The highest BCUT2D eigenvalue weighted by molar-refractivity contribution is 5.66. The lowest BCUT2D eigenvalue weighted by Gasteiger charge is -2.30. The molecule has 23 heavy (non-hydrogen) atoms. The highest BCUT2D eigenvalue weighted by atomic mass is 19.4. The van der Waals surface area contributed by atoms with Crippen molar-refractivity contribution >= 4 is 6.09 Å². The zero-order valence-electron chi connectivity index (χ0n) is 12.6. The number of alkyl halides is 3. The predicted octanol–water partition coefficient (Wildman–Crippen LogP) is 2.39. The molecule has 0 aromatic heterocycles. The normalized spacial score (nSPS) is 21.4. The molecule has 0 spiro atoms. The molecule has 0 unspecified atom stereocenters. The summed E-state index contributed by atoms with van der Waals surface area (Å²) in [4.78, 5) is 12.7. The number of benzene rings is 1. The second-order valence-electron chi connectivity index (χ2n) is 5.42. The van der Waals surface area contributed by atoms with Crippen LogP contribution in [0.1, 0.15) is 17.0 Å². The summed E-state index contributed by atoms with van der Waals surface area (Å²) in [6, 6.07) is 4.65. The maximum atomic E-state index is 12.9. The number of nitrogens with zero attached hydrogens (tertiary/aromatic N) is 1. The van der Waals surface area contributed by atoms with E-state index in [4.69, 9.17) is 4.74 Å². The molecule has 2 N–H and O–H groups in total. The number of rotatable bonds is 5. The van der Waals surface area contributed by atoms with Crippen molar-refractivity contribution in [3.05, 3.63) is 35.4 Å². The Morgan fingerprint density at radius 1 is 1.43 bits per heavy atom. The molecule has 5 nitrogen and oxygen atoms in total. The Labute approximate surface area is 132 Å².